The van der Waals surface area contributed by atoms with Crippen molar-refractivity contribution < 1.29 is 15.1 Å². The van der Waals surface area contributed by atoms with Crippen molar-refractivity contribution in [2.75, 3.05) is 0 Å². The van der Waals surface area contributed by atoms with Crippen molar-refractivity contribution >= 4 is 19.4 Å². The van der Waals surface area contributed by atoms with Gasteiger partial charge in [-0.25, -0.2) is 0 Å². The van der Waals surface area contributed by atoms with Crippen molar-refractivity contribution in [3.63, 3.8) is 0 Å². The van der Waals surface area contributed by atoms with Crippen LogP contribution in [0.3, 0.4) is 0 Å². The van der Waals surface area contributed by atoms with Crippen LogP contribution in [-0.4, -0.2) is 0 Å². The Balaban J connectivity index is 0. The molecule has 48 valence electrons. The topological polar surface area (TPSA) is 0 Å². The molecule has 0 heterocycles. The van der Waals surface area contributed by atoms with Crippen LogP contribution in [0.5, 0.6) is 0 Å². The molecular formula is C4H9Cl2Ru-. The normalized spacial score (nSPS) is 7.43. The zero-order valence-corrected chi connectivity index (χ0v) is 7.48. The summed E-state index contributed by atoms with van der Waals surface area (Å²) in [5.74, 6) is 0. The summed E-state index contributed by atoms with van der Waals surface area (Å²) < 4.78 is 0. The van der Waals surface area contributed by atoms with E-state index < -0.39 is 0 Å². The van der Waals surface area contributed by atoms with Crippen molar-refractivity contribution in [2.45, 2.75) is 19.8 Å². The molecule has 3 heteroatoms. The van der Waals surface area contributed by atoms with Gasteiger partial charge in [0, 0.05) is 0 Å². The van der Waals surface area contributed by atoms with Gasteiger partial charge in [-0.2, -0.15) is 6.42 Å². The van der Waals surface area contributed by atoms with Crippen LogP contribution in [-0.2, 0) is 15.1 Å². The third-order valence-electron chi connectivity index (χ3n) is 0.354. The number of rotatable bonds is 1. The molecule has 0 saturated carbocycles. The average molecular weight is 229 g/mol. The minimum absolute atomic E-state index is 0.346. The van der Waals surface area contributed by atoms with Gasteiger partial charge in [0.2, 0.25) is 0 Å². The molecule has 0 nitrogen and oxygen atoms in total. The van der Waals surface area contributed by atoms with Gasteiger partial charge in [-0.3, -0.25) is 0 Å². The third-order valence-corrected chi connectivity index (χ3v) is 0.354. The fourth-order valence-electron chi connectivity index (χ4n) is 0. The zero-order chi connectivity index (χ0) is 6.12. The molecular weight excluding hydrogens is 220 g/mol. The Hall–Kier alpha value is 1.20. The van der Waals surface area contributed by atoms with E-state index in [9.17, 15) is 0 Å². The molecule has 0 saturated heterocycles. The first-order valence-corrected chi connectivity index (χ1v) is 6.45. The van der Waals surface area contributed by atoms with E-state index in [2.05, 4.69) is 13.8 Å². The Morgan fingerprint density at radius 1 is 1.57 bits per heavy atom. The summed E-state index contributed by atoms with van der Waals surface area (Å²) in [4.78, 5) is 0. The second-order valence-corrected chi connectivity index (χ2v) is 3.54. The number of hydrogen-bond donors (Lipinski definition) is 0. The van der Waals surface area contributed by atoms with Gasteiger partial charge < -0.3 is 6.92 Å². The Morgan fingerprint density at radius 3 is 1.71 bits per heavy atom. The fraction of sp³-hybridized carbons (Fsp3) is 0.750. The molecule has 0 N–H and O–H groups in total. The number of unbranched alkanes of at least 4 members (excludes halogenated alkanes) is 1. The predicted octanol–water partition coefficient (Wildman–Crippen LogP) is 3.00. The summed E-state index contributed by atoms with van der Waals surface area (Å²) >= 11 is -0.346. The van der Waals surface area contributed by atoms with Gasteiger partial charge in [-0.15, -0.1) is 0 Å². The molecule has 0 fully saturated rings. The third kappa shape index (κ3) is 40.2. The molecule has 0 bridgehead atoms. The van der Waals surface area contributed by atoms with E-state index in [-0.39, 0.29) is 15.1 Å². The molecule has 0 aromatic heterocycles. The zero-order valence-electron chi connectivity index (χ0n) is 4.23. The first-order valence-electron chi connectivity index (χ1n) is 1.97. The molecule has 0 aliphatic heterocycles. The molecule has 0 unspecified atom stereocenters. The first kappa shape index (κ1) is 11.1. The summed E-state index contributed by atoms with van der Waals surface area (Å²) in [6.07, 6.45) is 2.28. The number of hydrogen-bond acceptors (Lipinski definition) is 0. The van der Waals surface area contributed by atoms with Crippen molar-refractivity contribution in [2.24, 2.45) is 0 Å². The molecule has 0 rings (SSSR count). The molecule has 0 aliphatic rings. The van der Waals surface area contributed by atoms with E-state index in [0.29, 0.717) is 0 Å². The van der Waals surface area contributed by atoms with E-state index in [0.717, 1.165) is 6.42 Å². The molecule has 0 aliphatic carbocycles. The van der Waals surface area contributed by atoms with Gasteiger partial charge in [0.1, 0.15) is 0 Å². The molecule has 0 spiro atoms. The van der Waals surface area contributed by atoms with Crippen molar-refractivity contribution in [1.29, 1.82) is 0 Å². The monoisotopic (exact) mass is 229 g/mol. The quantitative estimate of drug-likeness (QED) is 0.479. The molecule has 0 aromatic carbocycles. The van der Waals surface area contributed by atoms with Crippen molar-refractivity contribution in [3.8, 4) is 0 Å². The van der Waals surface area contributed by atoms with Crippen LogP contribution in [0.15, 0.2) is 0 Å². The van der Waals surface area contributed by atoms with Gasteiger partial charge in [0.15, 0.2) is 0 Å². The Labute approximate surface area is 61.3 Å². The molecule has 0 aromatic rings. The van der Waals surface area contributed by atoms with Gasteiger partial charge in [-0.05, 0) is 0 Å². The second kappa shape index (κ2) is 15.7. The Bertz CT molecular complexity index is 17.2. The van der Waals surface area contributed by atoms with E-state index in [4.69, 9.17) is 19.4 Å². The maximum absolute atomic E-state index is 4.85. The summed E-state index contributed by atoms with van der Waals surface area (Å²) in [6, 6.07) is 0. The van der Waals surface area contributed by atoms with Crippen LogP contribution in [0, 0.1) is 6.92 Å². The van der Waals surface area contributed by atoms with Crippen molar-refractivity contribution in [3.05, 3.63) is 6.92 Å². The van der Waals surface area contributed by atoms with Crippen LogP contribution < -0.4 is 0 Å². The predicted molar refractivity (Wildman–Crippen MR) is 32.0 cm³/mol. The van der Waals surface area contributed by atoms with E-state index in [1.165, 1.54) is 6.42 Å². The van der Waals surface area contributed by atoms with Gasteiger partial charge in [0.25, 0.3) is 0 Å². The van der Waals surface area contributed by atoms with Crippen LogP contribution in [0.1, 0.15) is 19.8 Å². The Morgan fingerprint density at radius 2 is 1.71 bits per heavy atom. The van der Waals surface area contributed by atoms with Crippen LogP contribution in [0.4, 0.5) is 0 Å². The average Bonchev–Trinajstić information content (AvgIpc) is 1.69. The van der Waals surface area contributed by atoms with Crippen LogP contribution >= 0.6 is 19.4 Å². The summed E-state index contributed by atoms with van der Waals surface area (Å²) in [7, 11) is 9.71. The minimum atomic E-state index is -0.346. The summed E-state index contributed by atoms with van der Waals surface area (Å²) in [5.41, 5.74) is 0. The van der Waals surface area contributed by atoms with Gasteiger partial charge >= 0.3 is 34.5 Å². The SMILES string of the molecule is [CH2-]CCC.[Cl][Ru][Cl]. The van der Waals surface area contributed by atoms with E-state index >= 15 is 0 Å². The second-order valence-electron chi connectivity index (χ2n) is 0.904. The number of halogens is 2. The maximum atomic E-state index is 4.85. The van der Waals surface area contributed by atoms with E-state index in [1.54, 1.807) is 0 Å². The van der Waals surface area contributed by atoms with E-state index in [1.807, 2.05) is 0 Å². The summed E-state index contributed by atoms with van der Waals surface area (Å²) in [5, 5.41) is 0. The van der Waals surface area contributed by atoms with Crippen molar-refractivity contribution in [1.82, 2.24) is 0 Å². The standard InChI is InChI=1S/C4H9.2ClH.Ru/c1-3-4-2;;;/h1,3-4H2,2H3;2*1H;/q-1;;;+2/p-2. The van der Waals surface area contributed by atoms with Gasteiger partial charge in [0.05, 0.1) is 0 Å². The molecule has 0 amide bonds. The summed E-state index contributed by atoms with van der Waals surface area (Å²) in [6.45, 7) is 5.72. The Kier molecular flexibility index (Phi) is 24.8. The fourth-order valence-corrected chi connectivity index (χ4v) is 0. The molecule has 0 atom stereocenters. The molecule has 0 radical (unpaired) electrons. The van der Waals surface area contributed by atoms with Gasteiger partial charge in [-0.1, -0.05) is 13.3 Å². The van der Waals surface area contributed by atoms with Crippen LogP contribution in [0.25, 0.3) is 0 Å². The van der Waals surface area contributed by atoms with Crippen LogP contribution in [0.2, 0.25) is 0 Å². The first-order chi connectivity index (χ1) is 3.33. The molecule has 7 heavy (non-hydrogen) atoms.